The number of sulfonamides is 1. The lowest BCUT2D eigenvalue weighted by atomic mass is 10.0. The third kappa shape index (κ3) is 4.56. The van der Waals surface area contributed by atoms with Crippen LogP contribution in [0.4, 0.5) is 18.9 Å². The molecule has 1 amide bonds. The summed E-state index contributed by atoms with van der Waals surface area (Å²) < 4.78 is 72.8. The number of para-hydroxylation sites is 1. The highest BCUT2D eigenvalue weighted by atomic mass is 79.9. The Morgan fingerprint density at radius 2 is 1.92 bits per heavy atom. The van der Waals surface area contributed by atoms with E-state index in [1.807, 2.05) is 0 Å². The molecule has 5 rings (SSSR count). The highest BCUT2D eigenvalue weighted by Crippen LogP contribution is 2.49. The number of halogens is 5. The minimum atomic E-state index is -5.69. The van der Waals surface area contributed by atoms with Gasteiger partial charge in [-0.15, -0.1) is 0 Å². The molecule has 1 aromatic heterocycles. The minimum Gasteiger partial charge on any atom is -0.472 e. The summed E-state index contributed by atoms with van der Waals surface area (Å²) in [6, 6.07) is 7.45. The van der Waals surface area contributed by atoms with Gasteiger partial charge in [-0.2, -0.15) is 21.6 Å². The first-order valence-corrected chi connectivity index (χ1v) is 13.9. The van der Waals surface area contributed by atoms with E-state index in [4.69, 9.17) is 16.0 Å². The molecule has 2 aromatic rings. The Morgan fingerprint density at radius 3 is 2.58 bits per heavy atom. The van der Waals surface area contributed by atoms with Crippen LogP contribution in [-0.4, -0.2) is 36.4 Å². The molecule has 1 fully saturated rings. The van der Waals surface area contributed by atoms with Crippen LogP contribution in [0.25, 0.3) is 22.3 Å². The molecule has 0 radical (unpaired) electrons. The third-order valence-electron chi connectivity index (χ3n) is 6.27. The zero-order valence-electron chi connectivity index (χ0n) is 19.6. The molecule has 200 valence electrons. The average molecular weight is 632 g/mol. The van der Waals surface area contributed by atoms with Crippen LogP contribution in [-0.2, 0) is 16.6 Å². The van der Waals surface area contributed by atoms with E-state index in [1.165, 1.54) is 37.8 Å². The van der Waals surface area contributed by atoms with Crippen molar-refractivity contribution in [3.05, 3.63) is 69.6 Å². The number of hydrogen-bond donors (Lipinski definition) is 2. The van der Waals surface area contributed by atoms with E-state index in [2.05, 4.69) is 26.2 Å². The molecule has 1 saturated carbocycles. The molecule has 1 aliphatic heterocycles. The van der Waals surface area contributed by atoms with Crippen LogP contribution in [0.15, 0.2) is 51.7 Å². The van der Waals surface area contributed by atoms with Crippen LogP contribution in [0.3, 0.4) is 0 Å². The average Bonchev–Trinajstić information content (AvgIpc) is 3.61. The second kappa shape index (κ2) is 9.62. The summed E-state index contributed by atoms with van der Waals surface area (Å²) in [5.41, 5.74) is -3.12. The van der Waals surface area contributed by atoms with Crippen molar-refractivity contribution in [2.75, 3.05) is 11.8 Å². The molecule has 0 atom stereocenters. The van der Waals surface area contributed by atoms with Crippen LogP contribution in [0.1, 0.15) is 40.6 Å². The van der Waals surface area contributed by atoms with Crippen molar-refractivity contribution in [1.82, 2.24) is 14.9 Å². The van der Waals surface area contributed by atoms with Crippen LogP contribution < -0.4 is 10.0 Å². The summed E-state index contributed by atoms with van der Waals surface area (Å²) >= 11 is 9.92. The number of anilines is 1. The number of aromatic nitrogens is 2. The molecule has 0 saturated heterocycles. The number of alkyl halides is 3. The Bertz CT molecular complexity index is 1630. The first-order valence-electron chi connectivity index (χ1n) is 11.3. The van der Waals surface area contributed by atoms with Gasteiger partial charge < -0.3 is 14.3 Å². The normalized spacial score (nSPS) is 14.2. The number of rotatable bonds is 7. The lowest BCUT2D eigenvalue weighted by Gasteiger charge is -2.17. The molecule has 2 N–H and O–H groups in total. The van der Waals surface area contributed by atoms with Gasteiger partial charge in [0.1, 0.15) is 11.5 Å². The third-order valence-corrected chi connectivity index (χ3v) is 8.46. The van der Waals surface area contributed by atoms with E-state index >= 15 is 0 Å². The topological polar surface area (TPSA) is 106 Å². The molecule has 1 aromatic carbocycles. The maximum Gasteiger partial charge on any atom is 0.516 e. The summed E-state index contributed by atoms with van der Waals surface area (Å²) in [5, 5.41) is 2.60. The predicted octanol–water partition coefficient (Wildman–Crippen LogP) is 6.21. The number of nitrogens with zero attached hydrogens (tertiary/aromatic N) is 2. The maximum absolute atomic E-state index is 13.2. The number of imidazole rings is 1. The highest BCUT2D eigenvalue weighted by Gasteiger charge is 2.46. The van der Waals surface area contributed by atoms with Gasteiger partial charge in [0.2, 0.25) is 0 Å². The number of carbonyl (C=O) groups excluding carboxylic acids is 1. The van der Waals surface area contributed by atoms with E-state index in [0.29, 0.717) is 32.6 Å². The van der Waals surface area contributed by atoms with Crippen molar-refractivity contribution < 1.29 is 30.8 Å². The maximum atomic E-state index is 13.2. The smallest absolute Gasteiger partial charge is 0.472 e. The summed E-state index contributed by atoms with van der Waals surface area (Å²) in [4.78, 5) is 17.2. The largest absolute Gasteiger partial charge is 0.516 e. The lowest BCUT2D eigenvalue weighted by Crippen LogP contribution is -2.30. The molecule has 0 bridgehead atoms. The van der Waals surface area contributed by atoms with E-state index in [-0.39, 0.29) is 34.6 Å². The van der Waals surface area contributed by atoms with Gasteiger partial charge in [0, 0.05) is 34.1 Å². The van der Waals surface area contributed by atoms with Gasteiger partial charge in [-0.05, 0) is 52.0 Å². The highest BCUT2D eigenvalue weighted by molar-refractivity contribution is 9.10. The van der Waals surface area contributed by atoms with Gasteiger partial charge in [-0.1, -0.05) is 29.8 Å². The minimum absolute atomic E-state index is 0.0380. The van der Waals surface area contributed by atoms with Gasteiger partial charge in [0.05, 0.1) is 24.8 Å². The summed E-state index contributed by atoms with van der Waals surface area (Å²) in [6.07, 6.45) is 4.67. The van der Waals surface area contributed by atoms with Crippen molar-refractivity contribution in [2.24, 2.45) is 0 Å². The van der Waals surface area contributed by atoms with Crippen molar-refractivity contribution in [3.8, 4) is 22.3 Å². The van der Waals surface area contributed by atoms with Gasteiger partial charge in [-0.3, -0.25) is 9.52 Å². The number of fused-ring (bicyclic) bond motifs is 1. The molecule has 2 aliphatic carbocycles. The van der Waals surface area contributed by atoms with Gasteiger partial charge in [0.25, 0.3) is 5.91 Å². The quantitative estimate of drug-likeness (QED) is 0.252. The zero-order chi connectivity index (χ0) is 27.4. The molecule has 3 aliphatic rings. The number of benzene rings is 1. The van der Waals surface area contributed by atoms with Gasteiger partial charge in [-0.25, -0.2) is 4.98 Å². The molecule has 0 spiro atoms. The first-order chi connectivity index (χ1) is 17.9. The molecular formula is C24H19BrClF3N4O4S. The Balaban J connectivity index is 1.74. The molecule has 0 unspecified atom stereocenters. The molecule has 14 heteroatoms. The zero-order valence-corrected chi connectivity index (χ0v) is 22.7. The molecule has 2 heterocycles. The fraction of sp³-hybridized carbons (Fsp3) is 0.250. The van der Waals surface area contributed by atoms with E-state index in [0.717, 1.165) is 12.8 Å². The second-order valence-corrected chi connectivity index (χ2v) is 11.5. The Kier molecular flexibility index (Phi) is 6.72. The van der Waals surface area contributed by atoms with Crippen LogP contribution in [0, 0.1) is 0 Å². The van der Waals surface area contributed by atoms with E-state index in [1.54, 1.807) is 21.4 Å². The monoisotopic (exact) mass is 630 g/mol. The number of hydrogen-bond acceptors (Lipinski definition) is 5. The number of amides is 1. The van der Waals surface area contributed by atoms with Crippen LogP contribution in [0.5, 0.6) is 0 Å². The Hall–Kier alpha value is -3.03. The molecule has 8 nitrogen and oxygen atoms in total. The van der Waals surface area contributed by atoms with Crippen molar-refractivity contribution in [1.29, 1.82) is 0 Å². The molecular weight excluding hydrogens is 613 g/mol. The van der Waals surface area contributed by atoms with Crippen molar-refractivity contribution in [2.45, 2.75) is 30.8 Å². The van der Waals surface area contributed by atoms with Gasteiger partial charge in [0.15, 0.2) is 5.15 Å². The lowest BCUT2D eigenvalue weighted by molar-refractivity contribution is -0.0429. The van der Waals surface area contributed by atoms with Crippen molar-refractivity contribution in [3.63, 3.8) is 0 Å². The fourth-order valence-corrected chi connectivity index (χ4v) is 6.00. The number of carbonyl (C=O) groups is 1. The molecule has 38 heavy (non-hydrogen) atoms. The fourth-order valence-electron chi connectivity index (χ4n) is 4.39. The first kappa shape index (κ1) is 26.6. The van der Waals surface area contributed by atoms with Gasteiger partial charge >= 0.3 is 15.5 Å². The second-order valence-electron chi connectivity index (χ2n) is 8.70. The predicted molar refractivity (Wildman–Crippen MR) is 139 cm³/mol. The van der Waals surface area contributed by atoms with Crippen molar-refractivity contribution >= 4 is 49.1 Å². The van der Waals surface area contributed by atoms with E-state index < -0.39 is 21.4 Å². The van der Waals surface area contributed by atoms with E-state index in [9.17, 15) is 26.4 Å². The van der Waals surface area contributed by atoms with Crippen LogP contribution in [0.2, 0.25) is 5.15 Å². The summed E-state index contributed by atoms with van der Waals surface area (Å²) in [6.45, 7) is 0.0795. The number of nitrogens with one attached hydrogen (secondary N) is 2. The SMILES string of the molecule is CNC(=O)c1c(Cl)nc(C2CC2)n1Cc1c2ccocc-2c(Br)c1-c1ccccc1NS(=O)(=O)C(F)(F)F. The summed E-state index contributed by atoms with van der Waals surface area (Å²) in [5.74, 6) is 0.288. The Morgan fingerprint density at radius 1 is 1.21 bits per heavy atom. The summed E-state index contributed by atoms with van der Waals surface area (Å²) in [7, 11) is -4.22. The standard InChI is InChI=1S/C24H19BrClF3N4O4S/c1-30-23(34)20-21(26)31-22(12-6-7-12)33(20)10-15-13-8-9-37-11-16(13)19(25)18(15)14-4-2-3-5-17(14)32-38(35,36)24(27,28)29/h2-5,8-9,11-12,32H,6-7,10H2,1H3,(H,30,34). The van der Waals surface area contributed by atoms with Crippen LogP contribution >= 0.6 is 27.5 Å². The Labute approximate surface area is 228 Å².